The Morgan fingerprint density at radius 1 is 0.842 bits per heavy atom. The van der Waals surface area contributed by atoms with Crippen LogP contribution in [0.4, 0.5) is 4.79 Å². The predicted molar refractivity (Wildman–Crippen MR) is 146 cm³/mol. The lowest BCUT2D eigenvalue weighted by atomic mass is 9.86. The smallest absolute Gasteiger partial charge is 0.407 e. The zero-order valence-electron chi connectivity index (χ0n) is 21.2. The standard InChI is InChI=1S/C32H31NO5/c34-31(27-7-2-1-3-8-27)37-19-17-23-10-14-26(15-11-23)29-16-18-33(32(35)36)21-30(29)38-22-24-12-13-25-6-4-5-9-28(25)20-24/h1-15,20,29-30H,16-19,21-22H2,(H,35,36). The minimum Gasteiger partial charge on any atom is -0.465 e. The number of carbonyl (C=O) groups is 2. The van der Waals surface area contributed by atoms with E-state index in [0.717, 1.165) is 22.1 Å². The van der Waals surface area contributed by atoms with Crippen molar-refractivity contribution in [3.05, 3.63) is 119 Å². The quantitative estimate of drug-likeness (QED) is 0.283. The molecule has 1 amide bonds. The molecule has 1 aliphatic heterocycles. The minimum atomic E-state index is -0.914. The Morgan fingerprint density at radius 3 is 2.32 bits per heavy atom. The lowest BCUT2D eigenvalue weighted by Gasteiger charge is -2.37. The summed E-state index contributed by atoms with van der Waals surface area (Å²) in [4.78, 5) is 25.3. The number of likely N-dealkylation sites (tertiary alicyclic amines) is 1. The van der Waals surface area contributed by atoms with E-state index < -0.39 is 6.09 Å². The maximum absolute atomic E-state index is 12.2. The third-order valence-corrected chi connectivity index (χ3v) is 7.15. The van der Waals surface area contributed by atoms with Crippen molar-refractivity contribution < 1.29 is 24.2 Å². The monoisotopic (exact) mass is 509 g/mol. The summed E-state index contributed by atoms with van der Waals surface area (Å²) in [6, 6.07) is 31.7. The van der Waals surface area contributed by atoms with Gasteiger partial charge in [0.15, 0.2) is 0 Å². The summed E-state index contributed by atoms with van der Waals surface area (Å²) in [6.45, 7) is 1.55. The van der Waals surface area contributed by atoms with E-state index in [-0.39, 0.29) is 18.0 Å². The van der Waals surface area contributed by atoms with E-state index in [1.807, 2.05) is 30.3 Å². The highest BCUT2D eigenvalue weighted by Gasteiger charge is 2.33. The molecule has 0 aromatic heterocycles. The second kappa shape index (κ2) is 11.9. The van der Waals surface area contributed by atoms with E-state index in [2.05, 4.69) is 54.6 Å². The molecule has 0 bridgehead atoms. The highest BCUT2D eigenvalue weighted by atomic mass is 16.5. The number of amides is 1. The number of esters is 1. The first-order valence-corrected chi connectivity index (χ1v) is 12.9. The Bertz CT molecular complexity index is 1390. The average Bonchev–Trinajstić information content (AvgIpc) is 2.96. The van der Waals surface area contributed by atoms with E-state index in [9.17, 15) is 14.7 Å². The van der Waals surface area contributed by atoms with Crippen molar-refractivity contribution in [3.63, 3.8) is 0 Å². The van der Waals surface area contributed by atoms with Gasteiger partial charge in [-0.15, -0.1) is 0 Å². The van der Waals surface area contributed by atoms with Gasteiger partial charge in [0.05, 0.1) is 31.4 Å². The van der Waals surface area contributed by atoms with E-state index in [1.54, 1.807) is 12.1 Å². The van der Waals surface area contributed by atoms with Crippen LogP contribution in [-0.4, -0.2) is 47.9 Å². The molecule has 0 spiro atoms. The lowest BCUT2D eigenvalue weighted by molar-refractivity contribution is -0.0199. The van der Waals surface area contributed by atoms with Gasteiger partial charge >= 0.3 is 12.1 Å². The number of hydrogen-bond donors (Lipinski definition) is 1. The van der Waals surface area contributed by atoms with Gasteiger partial charge in [0.25, 0.3) is 0 Å². The second-order valence-corrected chi connectivity index (χ2v) is 9.65. The summed E-state index contributed by atoms with van der Waals surface area (Å²) < 4.78 is 11.8. The van der Waals surface area contributed by atoms with Gasteiger partial charge < -0.3 is 19.5 Å². The fraction of sp³-hybridized carbons (Fsp3) is 0.250. The van der Waals surface area contributed by atoms with E-state index >= 15 is 0 Å². The molecule has 6 heteroatoms. The van der Waals surface area contributed by atoms with Crippen LogP contribution in [0.3, 0.4) is 0 Å². The van der Waals surface area contributed by atoms with Crippen molar-refractivity contribution >= 4 is 22.8 Å². The van der Waals surface area contributed by atoms with Crippen LogP contribution in [0.25, 0.3) is 10.8 Å². The highest BCUT2D eigenvalue weighted by Crippen LogP contribution is 2.32. The molecule has 5 rings (SSSR count). The van der Waals surface area contributed by atoms with Gasteiger partial charge in [-0.3, -0.25) is 0 Å². The fourth-order valence-corrected chi connectivity index (χ4v) is 5.02. The van der Waals surface area contributed by atoms with Crippen LogP contribution in [0.2, 0.25) is 0 Å². The van der Waals surface area contributed by atoms with Crippen molar-refractivity contribution in [2.45, 2.75) is 31.5 Å². The number of ether oxygens (including phenoxy) is 2. The topological polar surface area (TPSA) is 76.1 Å². The zero-order valence-corrected chi connectivity index (χ0v) is 21.2. The molecule has 1 aliphatic rings. The molecule has 1 N–H and O–H groups in total. The maximum atomic E-state index is 12.2. The number of nitrogens with zero attached hydrogens (tertiary/aromatic N) is 1. The SMILES string of the molecule is O=C(OCCc1ccc(C2CCN(C(=O)O)CC2OCc2ccc3ccccc3c2)cc1)c1ccccc1. The molecule has 6 nitrogen and oxygen atoms in total. The summed E-state index contributed by atoms with van der Waals surface area (Å²) >= 11 is 0. The minimum absolute atomic E-state index is 0.0935. The highest BCUT2D eigenvalue weighted by molar-refractivity contribution is 5.89. The van der Waals surface area contributed by atoms with Crippen molar-refractivity contribution in [1.82, 2.24) is 4.90 Å². The van der Waals surface area contributed by atoms with Gasteiger partial charge in [0.2, 0.25) is 0 Å². The summed E-state index contributed by atoms with van der Waals surface area (Å²) in [6.07, 6.45) is 0.160. The molecule has 194 valence electrons. The van der Waals surface area contributed by atoms with E-state index in [0.29, 0.717) is 44.7 Å². The van der Waals surface area contributed by atoms with Gasteiger partial charge in [-0.2, -0.15) is 0 Å². The van der Waals surface area contributed by atoms with Crippen LogP contribution in [0.5, 0.6) is 0 Å². The molecule has 1 saturated heterocycles. The molecule has 0 aliphatic carbocycles. The zero-order chi connectivity index (χ0) is 26.3. The number of hydrogen-bond acceptors (Lipinski definition) is 4. The Labute approximate surface area is 222 Å². The number of rotatable bonds is 8. The van der Waals surface area contributed by atoms with Crippen molar-refractivity contribution in [1.29, 1.82) is 0 Å². The van der Waals surface area contributed by atoms with Gasteiger partial charge in [-0.25, -0.2) is 9.59 Å². The molecule has 1 fully saturated rings. The third kappa shape index (κ3) is 6.21. The number of carbonyl (C=O) groups excluding carboxylic acids is 1. The molecule has 4 aromatic carbocycles. The van der Waals surface area contributed by atoms with Crippen LogP contribution >= 0.6 is 0 Å². The Hall–Kier alpha value is -4.16. The first-order valence-electron chi connectivity index (χ1n) is 12.9. The van der Waals surface area contributed by atoms with Gasteiger partial charge in [-0.05, 0) is 52.1 Å². The first kappa shape index (κ1) is 25.5. The van der Waals surface area contributed by atoms with E-state index in [4.69, 9.17) is 9.47 Å². The normalized spacial score (nSPS) is 17.3. The molecule has 2 atom stereocenters. The van der Waals surface area contributed by atoms with Crippen LogP contribution in [0, 0.1) is 0 Å². The third-order valence-electron chi connectivity index (χ3n) is 7.15. The Balaban J connectivity index is 1.22. The molecule has 38 heavy (non-hydrogen) atoms. The van der Waals surface area contributed by atoms with Gasteiger partial charge in [-0.1, -0.05) is 78.9 Å². The second-order valence-electron chi connectivity index (χ2n) is 9.65. The molecule has 4 aromatic rings. The molecule has 0 saturated carbocycles. The lowest BCUT2D eigenvalue weighted by Crippen LogP contribution is -2.46. The summed E-state index contributed by atoms with van der Waals surface area (Å²) in [5, 5.41) is 11.9. The molecule has 1 heterocycles. The molecule has 2 unspecified atom stereocenters. The Kier molecular flexibility index (Phi) is 8.00. The van der Waals surface area contributed by atoms with Crippen LogP contribution in [-0.2, 0) is 22.5 Å². The number of carboxylic acid groups (broad SMARTS) is 1. The molecular formula is C32H31NO5. The fourth-order valence-electron chi connectivity index (χ4n) is 5.02. The predicted octanol–water partition coefficient (Wildman–Crippen LogP) is 6.29. The number of benzene rings is 4. The number of piperidine rings is 1. The van der Waals surface area contributed by atoms with E-state index in [1.165, 1.54) is 10.3 Å². The Morgan fingerprint density at radius 2 is 1.55 bits per heavy atom. The van der Waals surface area contributed by atoms with Crippen molar-refractivity contribution in [3.8, 4) is 0 Å². The largest absolute Gasteiger partial charge is 0.465 e. The van der Waals surface area contributed by atoms with Crippen LogP contribution < -0.4 is 0 Å². The van der Waals surface area contributed by atoms with Crippen molar-refractivity contribution in [2.75, 3.05) is 19.7 Å². The average molecular weight is 510 g/mol. The summed E-state index contributed by atoms with van der Waals surface area (Å²) in [7, 11) is 0. The molecule has 0 radical (unpaired) electrons. The molecular weight excluding hydrogens is 478 g/mol. The van der Waals surface area contributed by atoms with Gasteiger partial charge in [0.1, 0.15) is 0 Å². The first-order chi connectivity index (χ1) is 18.6. The van der Waals surface area contributed by atoms with Gasteiger partial charge in [0, 0.05) is 18.9 Å². The van der Waals surface area contributed by atoms with Crippen LogP contribution in [0.15, 0.2) is 97.1 Å². The van der Waals surface area contributed by atoms with Crippen molar-refractivity contribution in [2.24, 2.45) is 0 Å². The number of fused-ring (bicyclic) bond motifs is 1. The summed E-state index contributed by atoms with van der Waals surface area (Å²) in [5.74, 6) is -0.227. The summed E-state index contributed by atoms with van der Waals surface area (Å²) in [5.41, 5.74) is 3.82. The maximum Gasteiger partial charge on any atom is 0.407 e. The van der Waals surface area contributed by atoms with Crippen LogP contribution in [0.1, 0.15) is 39.4 Å².